The summed E-state index contributed by atoms with van der Waals surface area (Å²) in [6.45, 7) is 1.50. The van der Waals surface area contributed by atoms with Crippen LogP contribution in [0.1, 0.15) is 24.5 Å². The molecule has 0 aliphatic rings. The van der Waals surface area contributed by atoms with Crippen molar-refractivity contribution in [2.24, 2.45) is 0 Å². The molecule has 0 fully saturated rings. The molecule has 6 heteroatoms. The van der Waals surface area contributed by atoms with Gasteiger partial charge in [0, 0.05) is 12.1 Å². The molecule has 1 amide bonds. The number of aryl methyl sites for hydroxylation is 1. The summed E-state index contributed by atoms with van der Waals surface area (Å²) in [5.74, 6) is -0.210. The molecular weight excluding hydrogens is 332 g/mol. The van der Waals surface area contributed by atoms with Crippen LogP contribution in [0.25, 0.3) is 0 Å². The van der Waals surface area contributed by atoms with Crippen LogP contribution in [0.4, 0.5) is 5.69 Å². The highest BCUT2D eigenvalue weighted by molar-refractivity contribution is 5.95. The number of nitriles is 1. The monoisotopic (exact) mass is 352 g/mol. The number of anilines is 1. The fourth-order valence-electron chi connectivity index (χ4n) is 2.37. The Hall–Kier alpha value is -3.33. The molecule has 6 nitrogen and oxygen atoms in total. The maximum absolute atomic E-state index is 12.1. The van der Waals surface area contributed by atoms with Gasteiger partial charge in [0.25, 0.3) is 5.91 Å². The van der Waals surface area contributed by atoms with Gasteiger partial charge >= 0.3 is 5.97 Å². The second-order valence-electron chi connectivity index (χ2n) is 5.63. The van der Waals surface area contributed by atoms with Crippen LogP contribution in [0.2, 0.25) is 0 Å². The number of rotatable bonds is 7. The number of carbonyl (C=O) groups excluding carboxylic acids is 2. The average molecular weight is 352 g/mol. The number of hydrogen-bond acceptors (Lipinski definition) is 5. The molecule has 0 unspecified atom stereocenters. The van der Waals surface area contributed by atoms with Crippen LogP contribution in [0.15, 0.2) is 48.5 Å². The normalized spacial score (nSPS) is 11.1. The van der Waals surface area contributed by atoms with Gasteiger partial charge in [0.1, 0.15) is 5.75 Å². The van der Waals surface area contributed by atoms with Crippen molar-refractivity contribution in [1.82, 2.24) is 0 Å². The van der Waals surface area contributed by atoms with E-state index in [1.54, 1.807) is 31.4 Å². The molecule has 0 saturated heterocycles. The molecule has 0 aromatic heterocycles. The first-order chi connectivity index (χ1) is 12.5. The summed E-state index contributed by atoms with van der Waals surface area (Å²) in [5, 5.41) is 11.5. The van der Waals surface area contributed by atoms with E-state index in [1.165, 1.54) is 6.92 Å². The largest absolute Gasteiger partial charge is 0.496 e. The van der Waals surface area contributed by atoms with Crippen molar-refractivity contribution in [3.05, 3.63) is 59.7 Å². The van der Waals surface area contributed by atoms with Crippen molar-refractivity contribution in [3.63, 3.8) is 0 Å². The van der Waals surface area contributed by atoms with Crippen LogP contribution < -0.4 is 10.1 Å². The summed E-state index contributed by atoms with van der Waals surface area (Å²) in [7, 11) is 1.57. The molecule has 2 aromatic carbocycles. The molecule has 0 aliphatic carbocycles. The molecule has 134 valence electrons. The van der Waals surface area contributed by atoms with Gasteiger partial charge in [0.05, 0.1) is 18.7 Å². The summed E-state index contributed by atoms with van der Waals surface area (Å²) >= 11 is 0. The summed E-state index contributed by atoms with van der Waals surface area (Å²) in [6.07, 6.45) is -0.338. The molecule has 0 spiro atoms. The Morgan fingerprint density at radius 3 is 2.69 bits per heavy atom. The Morgan fingerprint density at radius 1 is 1.19 bits per heavy atom. The van der Waals surface area contributed by atoms with Crippen LogP contribution in [-0.2, 0) is 20.7 Å². The predicted molar refractivity (Wildman–Crippen MR) is 96.7 cm³/mol. The van der Waals surface area contributed by atoms with Crippen LogP contribution in [0.5, 0.6) is 5.75 Å². The molecule has 0 radical (unpaired) electrons. The molecule has 2 aromatic rings. The van der Waals surface area contributed by atoms with Crippen molar-refractivity contribution in [1.29, 1.82) is 5.26 Å². The Kier molecular flexibility index (Phi) is 6.75. The fraction of sp³-hybridized carbons (Fsp3) is 0.250. The number of para-hydroxylation sites is 1. The fourth-order valence-corrected chi connectivity index (χ4v) is 2.37. The van der Waals surface area contributed by atoms with Crippen molar-refractivity contribution < 1.29 is 19.1 Å². The zero-order valence-corrected chi connectivity index (χ0v) is 14.7. The maximum Gasteiger partial charge on any atom is 0.306 e. The summed E-state index contributed by atoms with van der Waals surface area (Å²) in [4.78, 5) is 24.1. The Balaban J connectivity index is 1.86. The molecule has 0 bridgehead atoms. The highest BCUT2D eigenvalue weighted by atomic mass is 16.5. The molecule has 1 atom stereocenters. The Morgan fingerprint density at radius 2 is 1.96 bits per heavy atom. The van der Waals surface area contributed by atoms with Gasteiger partial charge in [0.2, 0.25) is 0 Å². The minimum absolute atomic E-state index is 0.141. The van der Waals surface area contributed by atoms with Crippen LogP contribution >= 0.6 is 0 Å². The predicted octanol–water partition coefficient (Wildman–Crippen LogP) is 3.07. The summed E-state index contributed by atoms with van der Waals surface area (Å²) in [6, 6.07) is 15.9. The van der Waals surface area contributed by atoms with E-state index < -0.39 is 18.0 Å². The molecule has 0 aliphatic heterocycles. The molecular formula is C20H20N2O4. The van der Waals surface area contributed by atoms with Gasteiger partial charge < -0.3 is 14.8 Å². The van der Waals surface area contributed by atoms with Gasteiger partial charge in [-0.25, -0.2) is 0 Å². The van der Waals surface area contributed by atoms with E-state index in [9.17, 15) is 9.59 Å². The number of benzene rings is 2. The van der Waals surface area contributed by atoms with Gasteiger partial charge in [-0.05, 0) is 43.2 Å². The third kappa shape index (κ3) is 5.35. The first kappa shape index (κ1) is 19.0. The van der Waals surface area contributed by atoms with Crippen molar-refractivity contribution >= 4 is 17.6 Å². The molecule has 1 N–H and O–H groups in total. The second kappa shape index (κ2) is 9.23. The Bertz CT molecular complexity index is 827. The number of esters is 1. The Labute approximate surface area is 152 Å². The van der Waals surface area contributed by atoms with Crippen LogP contribution in [0, 0.1) is 11.3 Å². The van der Waals surface area contributed by atoms with Gasteiger partial charge in [-0.3, -0.25) is 9.59 Å². The van der Waals surface area contributed by atoms with Crippen molar-refractivity contribution in [2.45, 2.75) is 25.9 Å². The molecule has 0 heterocycles. The number of ether oxygens (including phenoxy) is 2. The van der Waals surface area contributed by atoms with Gasteiger partial charge in [0.15, 0.2) is 6.10 Å². The highest BCUT2D eigenvalue weighted by Gasteiger charge is 2.18. The third-order valence-electron chi connectivity index (χ3n) is 3.73. The van der Waals surface area contributed by atoms with Crippen LogP contribution in [0.3, 0.4) is 0 Å². The van der Waals surface area contributed by atoms with Gasteiger partial charge in [-0.1, -0.05) is 24.3 Å². The minimum atomic E-state index is -0.939. The van der Waals surface area contributed by atoms with E-state index >= 15 is 0 Å². The SMILES string of the molecule is COc1ccccc1CCC(=O)O[C@@H](C)C(=O)Nc1cccc(C#N)c1. The first-order valence-corrected chi connectivity index (χ1v) is 8.16. The molecule has 26 heavy (non-hydrogen) atoms. The summed E-state index contributed by atoms with van der Waals surface area (Å²) in [5.41, 5.74) is 1.81. The van der Waals surface area contributed by atoms with Gasteiger partial charge in [-0.15, -0.1) is 0 Å². The van der Waals surface area contributed by atoms with E-state index in [0.29, 0.717) is 23.4 Å². The lowest BCUT2D eigenvalue weighted by atomic mass is 10.1. The molecule has 2 rings (SSSR count). The quantitative estimate of drug-likeness (QED) is 0.774. The lowest BCUT2D eigenvalue weighted by Gasteiger charge is -2.14. The maximum atomic E-state index is 12.1. The topological polar surface area (TPSA) is 88.4 Å². The van der Waals surface area contributed by atoms with Gasteiger partial charge in [-0.2, -0.15) is 5.26 Å². The number of hydrogen-bond donors (Lipinski definition) is 1. The van der Waals surface area contributed by atoms with Crippen molar-refractivity contribution in [3.8, 4) is 11.8 Å². The van der Waals surface area contributed by atoms with Crippen LogP contribution in [-0.4, -0.2) is 25.1 Å². The van der Waals surface area contributed by atoms with E-state index in [-0.39, 0.29) is 6.42 Å². The van der Waals surface area contributed by atoms with E-state index in [0.717, 1.165) is 5.56 Å². The number of nitrogens with one attached hydrogen (secondary N) is 1. The van der Waals surface area contributed by atoms with E-state index in [2.05, 4.69) is 5.32 Å². The third-order valence-corrected chi connectivity index (χ3v) is 3.73. The van der Waals surface area contributed by atoms with E-state index in [4.69, 9.17) is 14.7 Å². The number of methoxy groups -OCH3 is 1. The number of carbonyl (C=O) groups is 2. The van der Waals surface area contributed by atoms with E-state index in [1.807, 2.05) is 30.3 Å². The molecule has 0 saturated carbocycles. The minimum Gasteiger partial charge on any atom is -0.496 e. The zero-order chi connectivity index (χ0) is 18.9. The standard InChI is InChI=1S/C20H20N2O4/c1-14(20(24)22-17-8-5-6-15(12-17)13-21)26-19(23)11-10-16-7-3-4-9-18(16)25-2/h3-9,12,14H,10-11H2,1-2H3,(H,22,24)/t14-/m0/s1. The lowest BCUT2D eigenvalue weighted by molar-refractivity contribution is -0.153. The summed E-state index contributed by atoms with van der Waals surface area (Å²) < 4.78 is 10.4. The van der Waals surface area contributed by atoms with Crippen molar-refractivity contribution in [2.75, 3.05) is 12.4 Å². The second-order valence-corrected chi connectivity index (χ2v) is 5.63. The highest BCUT2D eigenvalue weighted by Crippen LogP contribution is 2.19. The number of amides is 1. The average Bonchev–Trinajstić information content (AvgIpc) is 2.66. The zero-order valence-electron chi connectivity index (χ0n) is 14.7. The first-order valence-electron chi connectivity index (χ1n) is 8.16. The number of nitrogens with zero attached hydrogens (tertiary/aromatic N) is 1. The smallest absolute Gasteiger partial charge is 0.306 e. The lowest BCUT2D eigenvalue weighted by Crippen LogP contribution is -2.30.